The van der Waals surface area contributed by atoms with Crippen molar-refractivity contribution in [2.24, 2.45) is 0 Å². The van der Waals surface area contributed by atoms with Gasteiger partial charge in [0.15, 0.2) is 11.7 Å². The number of alkyl halides is 3. The van der Waals surface area contributed by atoms with Gasteiger partial charge in [-0.2, -0.15) is 23.4 Å². The van der Waals surface area contributed by atoms with Crippen LogP contribution in [-0.2, 0) is 6.54 Å². The summed E-state index contributed by atoms with van der Waals surface area (Å²) in [6.07, 6.45) is -0.547. The average Bonchev–Trinajstić information content (AvgIpc) is 3.54. The van der Waals surface area contributed by atoms with Crippen molar-refractivity contribution in [2.45, 2.75) is 31.2 Å². The summed E-state index contributed by atoms with van der Waals surface area (Å²) < 4.78 is 61.9. The summed E-state index contributed by atoms with van der Waals surface area (Å²) in [4.78, 5) is 12.7. The zero-order chi connectivity index (χ0) is 23.9. The predicted molar refractivity (Wildman–Crippen MR) is 113 cm³/mol. The number of nitrogens with one attached hydrogen (secondary N) is 2. The van der Waals surface area contributed by atoms with Gasteiger partial charge in [-0.25, -0.2) is 9.07 Å². The van der Waals surface area contributed by atoms with Crippen LogP contribution in [0.2, 0.25) is 0 Å². The van der Waals surface area contributed by atoms with Gasteiger partial charge in [-0.15, -0.1) is 0 Å². The number of aromatic nitrogens is 4. The molecule has 34 heavy (non-hydrogen) atoms. The van der Waals surface area contributed by atoms with E-state index in [1.165, 1.54) is 35.3 Å². The van der Waals surface area contributed by atoms with E-state index in [1.54, 1.807) is 30.5 Å². The van der Waals surface area contributed by atoms with Crippen molar-refractivity contribution in [3.63, 3.8) is 0 Å². The summed E-state index contributed by atoms with van der Waals surface area (Å²) in [7, 11) is 0. The van der Waals surface area contributed by atoms with Crippen LogP contribution in [-0.4, -0.2) is 31.6 Å². The Morgan fingerprint density at radius 1 is 1.24 bits per heavy atom. The number of furan rings is 1. The van der Waals surface area contributed by atoms with Crippen LogP contribution in [0.5, 0.6) is 0 Å². The molecule has 0 spiro atoms. The van der Waals surface area contributed by atoms with Crippen molar-refractivity contribution in [1.82, 2.24) is 19.6 Å². The zero-order valence-corrected chi connectivity index (χ0v) is 17.5. The molecule has 1 amide bonds. The molecule has 0 saturated heterocycles. The summed E-state index contributed by atoms with van der Waals surface area (Å²) in [6.45, 7) is 0.347. The van der Waals surface area contributed by atoms with Crippen LogP contribution in [0.15, 0.2) is 65.5 Å². The Hall–Kier alpha value is -4.09. The maximum absolute atomic E-state index is 13.7. The fraction of sp³-hybridized carbons (Fsp3) is 0.227. The maximum Gasteiger partial charge on any atom is 0.410 e. The molecular formula is C22H18F4N6O2. The molecule has 1 aliphatic heterocycles. The normalized spacial score (nSPS) is 17.8. The van der Waals surface area contributed by atoms with Gasteiger partial charge >= 0.3 is 6.18 Å². The molecule has 176 valence electrons. The van der Waals surface area contributed by atoms with Crippen molar-refractivity contribution < 1.29 is 26.8 Å². The number of amides is 1. The molecule has 4 heterocycles. The molecule has 3 aromatic heterocycles. The Labute approximate surface area is 190 Å². The molecule has 1 aromatic carbocycles. The lowest BCUT2D eigenvalue weighted by atomic mass is 10.0. The number of fused-ring (bicyclic) bond motifs is 1. The van der Waals surface area contributed by atoms with Gasteiger partial charge in [0.05, 0.1) is 30.7 Å². The molecule has 0 fully saturated rings. The molecule has 2 N–H and O–H groups in total. The fourth-order valence-corrected chi connectivity index (χ4v) is 3.85. The van der Waals surface area contributed by atoms with Crippen molar-refractivity contribution in [3.05, 3.63) is 84.0 Å². The van der Waals surface area contributed by atoms with E-state index in [4.69, 9.17) is 4.42 Å². The first-order valence-corrected chi connectivity index (χ1v) is 10.3. The Balaban J connectivity index is 1.33. The highest BCUT2D eigenvalue weighted by atomic mass is 19.4. The lowest BCUT2D eigenvalue weighted by molar-refractivity contribution is -0.174. The number of halogens is 4. The molecule has 0 bridgehead atoms. The third kappa shape index (κ3) is 4.38. The van der Waals surface area contributed by atoms with E-state index in [9.17, 15) is 22.4 Å². The van der Waals surface area contributed by atoms with Crippen LogP contribution in [0, 0.1) is 5.82 Å². The van der Waals surface area contributed by atoms with Crippen LogP contribution in [0.3, 0.4) is 0 Å². The van der Waals surface area contributed by atoms with Gasteiger partial charge in [-0.1, -0.05) is 12.1 Å². The quantitative estimate of drug-likeness (QED) is 0.407. The van der Waals surface area contributed by atoms with E-state index in [0.717, 1.165) is 10.2 Å². The van der Waals surface area contributed by atoms with E-state index >= 15 is 0 Å². The van der Waals surface area contributed by atoms with Crippen LogP contribution in [0.25, 0.3) is 0 Å². The topological polar surface area (TPSA) is 89.9 Å². The van der Waals surface area contributed by atoms with E-state index in [1.807, 2.05) is 0 Å². The summed E-state index contributed by atoms with van der Waals surface area (Å²) in [6, 6.07) is 7.73. The molecule has 2 atom stereocenters. The molecule has 0 unspecified atom stereocenters. The number of carbonyl (C=O) groups is 1. The monoisotopic (exact) mass is 474 g/mol. The van der Waals surface area contributed by atoms with Gasteiger partial charge in [0.2, 0.25) is 0 Å². The molecule has 0 saturated carbocycles. The Morgan fingerprint density at radius 2 is 2.03 bits per heavy atom. The van der Waals surface area contributed by atoms with Gasteiger partial charge < -0.3 is 15.1 Å². The molecule has 0 aliphatic carbocycles. The lowest BCUT2D eigenvalue weighted by Crippen LogP contribution is -2.35. The van der Waals surface area contributed by atoms with E-state index in [2.05, 4.69) is 20.8 Å². The zero-order valence-electron chi connectivity index (χ0n) is 17.5. The maximum atomic E-state index is 13.7. The summed E-state index contributed by atoms with van der Waals surface area (Å²) in [5.74, 6) is -0.605. The molecule has 0 radical (unpaired) electrons. The minimum atomic E-state index is -4.57. The van der Waals surface area contributed by atoms with Crippen molar-refractivity contribution in [2.75, 3.05) is 10.6 Å². The number of benzene rings is 1. The summed E-state index contributed by atoms with van der Waals surface area (Å²) in [5.41, 5.74) is 0.967. The largest absolute Gasteiger partial charge is 0.467 e. The first-order chi connectivity index (χ1) is 16.3. The Kier molecular flexibility index (Phi) is 5.34. The van der Waals surface area contributed by atoms with Gasteiger partial charge in [0, 0.05) is 18.7 Å². The van der Waals surface area contributed by atoms with Crippen molar-refractivity contribution >= 4 is 17.4 Å². The third-order valence-corrected chi connectivity index (χ3v) is 5.46. The van der Waals surface area contributed by atoms with Crippen LogP contribution >= 0.6 is 0 Å². The van der Waals surface area contributed by atoms with Crippen LogP contribution in [0.4, 0.5) is 29.1 Å². The Bertz CT molecular complexity index is 1290. The summed E-state index contributed by atoms with van der Waals surface area (Å²) in [5, 5.41) is 13.6. The number of hydrogen-bond donors (Lipinski definition) is 2. The molecule has 12 heteroatoms. The molecule has 8 nitrogen and oxygen atoms in total. The smallest absolute Gasteiger partial charge is 0.410 e. The van der Waals surface area contributed by atoms with E-state index < -0.39 is 24.2 Å². The second-order valence-electron chi connectivity index (χ2n) is 7.87. The second kappa shape index (κ2) is 8.36. The van der Waals surface area contributed by atoms with E-state index in [0.29, 0.717) is 18.0 Å². The average molecular weight is 474 g/mol. The number of rotatable bonds is 5. The van der Waals surface area contributed by atoms with E-state index in [-0.39, 0.29) is 23.7 Å². The van der Waals surface area contributed by atoms with Crippen molar-refractivity contribution in [3.8, 4) is 0 Å². The van der Waals surface area contributed by atoms with Gasteiger partial charge in [-0.3, -0.25) is 9.48 Å². The highest BCUT2D eigenvalue weighted by molar-refractivity contribution is 6.03. The van der Waals surface area contributed by atoms with Crippen LogP contribution in [0.1, 0.15) is 40.3 Å². The Morgan fingerprint density at radius 3 is 2.74 bits per heavy atom. The van der Waals surface area contributed by atoms with Gasteiger partial charge in [-0.05, 0) is 29.8 Å². The highest BCUT2D eigenvalue weighted by Gasteiger charge is 2.47. The molecule has 1 aliphatic rings. The first kappa shape index (κ1) is 21.7. The first-order valence-electron chi connectivity index (χ1n) is 10.3. The van der Waals surface area contributed by atoms with Gasteiger partial charge in [0.1, 0.15) is 17.4 Å². The predicted octanol–water partition coefficient (Wildman–Crippen LogP) is 4.77. The number of hydrogen-bond acceptors (Lipinski definition) is 5. The number of nitrogens with zero attached hydrogens (tertiary/aromatic N) is 4. The standard InChI is InChI=1S/C22H18F4N6O2/c23-14-5-3-13(4-6-14)11-31-12-15(10-27-31)28-21(33)17-9-20-29-16(18-2-1-7-34-18)8-19(22(24,25)26)32(20)30-17/h1-7,9-10,12,16,19,29H,8,11H2,(H,28,33)/t16-,19-/m0/s1. The molecule has 5 rings (SSSR count). The molecular weight excluding hydrogens is 456 g/mol. The number of anilines is 2. The van der Waals surface area contributed by atoms with Crippen LogP contribution < -0.4 is 10.6 Å². The number of carbonyl (C=O) groups excluding carboxylic acids is 1. The van der Waals surface area contributed by atoms with Gasteiger partial charge in [0.25, 0.3) is 5.91 Å². The lowest BCUT2D eigenvalue weighted by Gasteiger charge is -2.32. The second-order valence-corrected chi connectivity index (χ2v) is 7.87. The fourth-order valence-electron chi connectivity index (χ4n) is 3.85. The minimum absolute atomic E-state index is 0.0622. The highest BCUT2D eigenvalue weighted by Crippen LogP contribution is 2.43. The minimum Gasteiger partial charge on any atom is -0.467 e. The molecule has 4 aromatic rings. The third-order valence-electron chi connectivity index (χ3n) is 5.46. The summed E-state index contributed by atoms with van der Waals surface area (Å²) >= 11 is 0. The SMILES string of the molecule is O=C(Nc1cnn(Cc2ccc(F)cc2)c1)c1cc2n(n1)[C@H](C(F)(F)F)C[C@@H](c1ccco1)N2. The van der Waals surface area contributed by atoms with Crippen molar-refractivity contribution in [1.29, 1.82) is 0 Å².